The predicted octanol–water partition coefficient (Wildman–Crippen LogP) is 5.16. The third-order valence-corrected chi connectivity index (χ3v) is 4.12. The molecule has 1 aromatic heterocycles. The van der Waals surface area contributed by atoms with Gasteiger partial charge >= 0.3 is 6.61 Å². The first kappa shape index (κ1) is 18.5. The van der Waals surface area contributed by atoms with Gasteiger partial charge in [0.25, 0.3) is 5.22 Å². The minimum absolute atomic E-state index is 0.0658. The molecule has 3 rings (SSSR count). The van der Waals surface area contributed by atoms with Crippen molar-refractivity contribution in [3.05, 3.63) is 53.6 Å². The maximum atomic E-state index is 12.1. The molecule has 0 fully saturated rings. The monoisotopic (exact) mass is 398 g/mol. The van der Waals surface area contributed by atoms with Gasteiger partial charge in [-0.05, 0) is 42.5 Å². The third-order valence-electron chi connectivity index (χ3n) is 3.11. The van der Waals surface area contributed by atoms with Crippen LogP contribution in [0.25, 0.3) is 11.5 Å². The van der Waals surface area contributed by atoms with E-state index >= 15 is 0 Å². The minimum Gasteiger partial charge on any atom is -0.493 e. The number of nitrogens with zero attached hydrogens (tertiary/aromatic N) is 2. The summed E-state index contributed by atoms with van der Waals surface area (Å²) in [6.07, 6.45) is 0. The molecule has 136 valence electrons. The topological polar surface area (TPSA) is 57.4 Å². The van der Waals surface area contributed by atoms with Crippen molar-refractivity contribution in [3.8, 4) is 23.0 Å². The van der Waals surface area contributed by atoms with Crippen LogP contribution in [0.2, 0.25) is 5.02 Å². The zero-order valence-electron chi connectivity index (χ0n) is 13.3. The molecule has 0 saturated heterocycles. The van der Waals surface area contributed by atoms with Crippen LogP contribution in [0.1, 0.15) is 0 Å². The Morgan fingerprint density at radius 1 is 1.08 bits per heavy atom. The largest absolute Gasteiger partial charge is 0.493 e. The molecule has 0 spiro atoms. The number of halogens is 3. The number of rotatable bonds is 8. The normalized spacial score (nSPS) is 10.9. The van der Waals surface area contributed by atoms with E-state index in [4.69, 9.17) is 20.8 Å². The Labute approximate surface area is 157 Å². The van der Waals surface area contributed by atoms with Gasteiger partial charge in [-0.25, -0.2) is 0 Å². The number of thioether (sulfide) groups is 1. The van der Waals surface area contributed by atoms with Crippen LogP contribution in [0, 0.1) is 0 Å². The molecule has 0 atom stereocenters. The van der Waals surface area contributed by atoms with Crippen molar-refractivity contribution in [3.63, 3.8) is 0 Å². The van der Waals surface area contributed by atoms with Gasteiger partial charge in [-0.1, -0.05) is 29.4 Å². The number of alkyl halides is 2. The first-order chi connectivity index (χ1) is 12.6. The van der Waals surface area contributed by atoms with Gasteiger partial charge < -0.3 is 13.9 Å². The van der Waals surface area contributed by atoms with Crippen molar-refractivity contribution in [2.45, 2.75) is 11.8 Å². The summed E-state index contributed by atoms with van der Waals surface area (Å²) in [5.41, 5.74) is 0.612. The highest BCUT2D eigenvalue weighted by Gasteiger charge is 2.10. The van der Waals surface area contributed by atoms with Crippen LogP contribution in [0.15, 0.2) is 58.2 Å². The molecule has 1 heterocycles. The van der Waals surface area contributed by atoms with Crippen LogP contribution < -0.4 is 9.47 Å². The Bertz CT molecular complexity index is 846. The van der Waals surface area contributed by atoms with Gasteiger partial charge in [-0.3, -0.25) is 0 Å². The van der Waals surface area contributed by atoms with E-state index in [0.29, 0.717) is 39.8 Å². The third kappa shape index (κ3) is 5.34. The number of hydrogen-bond donors (Lipinski definition) is 0. The second-order valence-electron chi connectivity index (χ2n) is 4.93. The highest BCUT2D eigenvalue weighted by atomic mass is 35.5. The summed E-state index contributed by atoms with van der Waals surface area (Å²) in [5.74, 6) is 1.66. The molecular weight excluding hydrogens is 386 g/mol. The SMILES string of the molecule is FC(F)Oc1ccc(-c2nnc(SCCOc3cccc(Cl)c3)o2)cc1. The van der Waals surface area contributed by atoms with Gasteiger partial charge in [0.1, 0.15) is 11.5 Å². The van der Waals surface area contributed by atoms with E-state index in [-0.39, 0.29) is 5.75 Å². The van der Waals surface area contributed by atoms with Gasteiger partial charge in [0.05, 0.1) is 6.61 Å². The van der Waals surface area contributed by atoms with Crippen LogP contribution in [0.5, 0.6) is 11.5 Å². The van der Waals surface area contributed by atoms with Gasteiger partial charge in [-0.15, -0.1) is 10.2 Å². The van der Waals surface area contributed by atoms with Crippen molar-refractivity contribution < 1.29 is 22.7 Å². The first-order valence-corrected chi connectivity index (χ1v) is 8.86. The van der Waals surface area contributed by atoms with Crippen LogP contribution in [-0.4, -0.2) is 29.2 Å². The van der Waals surface area contributed by atoms with Gasteiger partial charge in [0, 0.05) is 16.3 Å². The maximum Gasteiger partial charge on any atom is 0.387 e. The fourth-order valence-corrected chi connectivity index (χ4v) is 2.77. The Balaban J connectivity index is 1.50. The van der Waals surface area contributed by atoms with Crippen LogP contribution >= 0.6 is 23.4 Å². The molecule has 9 heteroatoms. The molecule has 0 radical (unpaired) electrons. The van der Waals surface area contributed by atoms with Gasteiger partial charge in [-0.2, -0.15) is 8.78 Å². The molecule has 2 aromatic carbocycles. The Hall–Kier alpha value is -2.32. The van der Waals surface area contributed by atoms with Crippen molar-refractivity contribution >= 4 is 23.4 Å². The molecule has 0 bridgehead atoms. The Morgan fingerprint density at radius 3 is 2.62 bits per heavy atom. The van der Waals surface area contributed by atoms with Crippen molar-refractivity contribution in [2.24, 2.45) is 0 Å². The highest BCUT2D eigenvalue weighted by molar-refractivity contribution is 7.99. The average Bonchev–Trinajstić information content (AvgIpc) is 3.08. The Morgan fingerprint density at radius 2 is 1.88 bits per heavy atom. The summed E-state index contributed by atoms with van der Waals surface area (Å²) in [6, 6.07) is 13.1. The van der Waals surface area contributed by atoms with Crippen molar-refractivity contribution in [1.82, 2.24) is 10.2 Å². The van der Waals surface area contributed by atoms with E-state index in [1.807, 2.05) is 12.1 Å². The van der Waals surface area contributed by atoms with Crippen LogP contribution in [-0.2, 0) is 0 Å². The number of ether oxygens (including phenoxy) is 2. The highest BCUT2D eigenvalue weighted by Crippen LogP contribution is 2.25. The van der Waals surface area contributed by atoms with E-state index in [0.717, 1.165) is 0 Å². The van der Waals surface area contributed by atoms with Crippen LogP contribution in [0.4, 0.5) is 8.78 Å². The summed E-state index contributed by atoms with van der Waals surface area (Å²) in [5, 5.41) is 8.89. The standard InChI is InChI=1S/C17H13ClF2N2O3S/c18-12-2-1-3-14(10-12)23-8-9-26-17-22-21-15(25-17)11-4-6-13(7-5-11)24-16(19)20/h1-7,10,16H,8-9H2. The van der Waals surface area contributed by atoms with Gasteiger partial charge in [0.2, 0.25) is 5.89 Å². The molecule has 0 aliphatic heterocycles. The second-order valence-corrected chi connectivity index (χ2v) is 6.41. The molecular formula is C17H13ClF2N2O3S. The van der Waals surface area contributed by atoms with E-state index in [1.165, 1.54) is 23.9 Å². The zero-order chi connectivity index (χ0) is 18.4. The molecule has 0 N–H and O–H groups in total. The minimum atomic E-state index is -2.86. The average molecular weight is 399 g/mol. The molecule has 0 saturated carbocycles. The first-order valence-electron chi connectivity index (χ1n) is 7.50. The number of aromatic nitrogens is 2. The molecule has 26 heavy (non-hydrogen) atoms. The maximum absolute atomic E-state index is 12.1. The molecule has 0 aliphatic rings. The molecule has 3 aromatic rings. The fourth-order valence-electron chi connectivity index (χ4n) is 2.01. The zero-order valence-corrected chi connectivity index (χ0v) is 14.8. The smallest absolute Gasteiger partial charge is 0.387 e. The van der Waals surface area contributed by atoms with E-state index < -0.39 is 6.61 Å². The summed E-state index contributed by atoms with van der Waals surface area (Å²) >= 11 is 7.23. The summed E-state index contributed by atoms with van der Waals surface area (Å²) in [6.45, 7) is -2.41. The lowest BCUT2D eigenvalue weighted by Crippen LogP contribution is -2.01. The lowest BCUT2D eigenvalue weighted by Gasteiger charge is -2.04. The quantitative estimate of drug-likeness (QED) is 0.385. The van der Waals surface area contributed by atoms with E-state index in [1.54, 1.807) is 24.3 Å². The molecule has 5 nitrogen and oxygen atoms in total. The van der Waals surface area contributed by atoms with Crippen molar-refractivity contribution in [2.75, 3.05) is 12.4 Å². The number of hydrogen-bond acceptors (Lipinski definition) is 6. The lowest BCUT2D eigenvalue weighted by atomic mass is 10.2. The van der Waals surface area contributed by atoms with Crippen molar-refractivity contribution in [1.29, 1.82) is 0 Å². The molecule has 0 amide bonds. The Kier molecular flexibility index (Phi) is 6.30. The summed E-state index contributed by atoms with van der Waals surface area (Å²) < 4.78 is 39.7. The predicted molar refractivity (Wildman–Crippen MR) is 94.0 cm³/mol. The van der Waals surface area contributed by atoms with E-state index in [9.17, 15) is 8.78 Å². The summed E-state index contributed by atoms with van der Waals surface area (Å²) in [7, 11) is 0. The molecule has 0 unspecified atom stereocenters. The summed E-state index contributed by atoms with van der Waals surface area (Å²) in [4.78, 5) is 0. The van der Waals surface area contributed by atoms with E-state index in [2.05, 4.69) is 14.9 Å². The number of benzene rings is 2. The second kappa shape index (κ2) is 8.86. The lowest BCUT2D eigenvalue weighted by molar-refractivity contribution is -0.0498. The molecule has 0 aliphatic carbocycles. The fraction of sp³-hybridized carbons (Fsp3) is 0.176. The van der Waals surface area contributed by atoms with Gasteiger partial charge in [0.15, 0.2) is 0 Å². The van der Waals surface area contributed by atoms with Crippen LogP contribution in [0.3, 0.4) is 0 Å².